The van der Waals surface area contributed by atoms with Gasteiger partial charge in [-0.2, -0.15) is 11.8 Å². The first-order chi connectivity index (χ1) is 10.2. The lowest BCUT2D eigenvalue weighted by atomic mass is 9.95. The van der Waals surface area contributed by atoms with Gasteiger partial charge < -0.3 is 15.2 Å². The monoisotopic (exact) mass is 311 g/mol. The molecule has 5 nitrogen and oxygen atoms in total. The molecule has 0 spiro atoms. The smallest absolute Gasteiger partial charge is 0.315 e. The van der Waals surface area contributed by atoms with Gasteiger partial charge in [0.05, 0.1) is 12.2 Å². The Morgan fingerprint density at radius 3 is 2.95 bits per heavy atom. The zero-order valence-electron chi connectivity index (χ0n) is 12.9. The highest BCUT2D eigenvalue weighted by Gasteiger charge is 2.26. The predicted molar refractivity (Wildman–Crippen MR) is 85.4 cm³/mol. The van der Waals surface area contributed by atoms with E-state index in [9.17, 15) is 4.79 Å². The van der Waals surface area contributed by atoms with E-state index in [1.54, 1.807) is 0 Å². The van der Waals surface area contributed by atoms with Crippen molar-refractivity contribution < 1.29 is 9.32 Å². The van der Waals surface area contributed by atoms with Gasteiger partial charge in [-0.15, -0.1) is 0 Å². The van der Waals surface area contributed by atoms with Crippen LogP contribution in [0.4, 0.5) is 4.79 Å². The van der Waals surface area contributed by atoms with Crippen LogP contribution in [0.3, 0.4) is 0 Å². The molecule has 1 aliphatic rings. The highest BCUT2D eigenvalue weighted by atomic mass is 32.2. The lowest BCUT2D eigenvalue weighted by molar-refractivity contribution is 0.231. The Morgan fingerprint density at radius 1 is 1.43 bits per heavy atom. The molecule has 118 valence electrons. The minimum absolute atomic E-state index is 0.113. The van der Waals surface area contributed by atoms with Crippen molar-refractivity contribution >= 4 is 17.8 Å². The third kappa shape index (κ3) is 4.95. The number of urea groups is 1. The molecular weight excluding hydrogens is 286 g/mol. The number of hydrogen-bond donors (Lipinski definition) is 2. The number of amides is 2. The number of thioether (sulfide) groups is 1. The maximum Gasteiger partial charge on any atom is 0.315 e. The third-order valence-electron chi connectivity index (χ3n) is 3.79. The molecule has 1 heterocycles. The van der Waals surface area contributed by atoms with E-state index in [1.807, 2.05) is 24.8 Å². The van der Waals surface area contributed by atoms with Crippen molar-refractivity contribution in [2.24, 2.45) is 0 Å². The van der Waals surface area contributed by atoms with E-state index in [0.29, 0.717) is 17.6 Å². The van der Waals surface area contributed by atoms with Gasteiger partial charge in [0.1, 0.15) is 0 Å². The number of aromatic nitrogens is 1. The molecular formula is C15H25N3O2S. The van der Waals surface area contributed by atoms with E-state index >= 15 is 0 Å². The molecule has 6 heteroatoms. The zero-order valence-corrected chi connectivity index (χ0v) is 13.7. The molecule has 1 aromatic heterocycles. The maximum atomic E-state index is 12.0. The molecule has 2 N–H and O–H groups in total. The molecule has 2 amide bonds. The summed E-state index contributed by atoms with van der Waals surface area (Å²) in [7, 11) is 0. The Labute approximate surface area is 130 Å². The Balaban J connectivity index is 1.77. The summed E-state index contributed by atoms with van der Waals surface area (Å²) in [5.74, 6) is 1.80. The molecule has 1 aliphatic carbocycles. The molecule has 0 unspecified atom stereocenters. The van der Waals surface area contributed by atoms with E-state index in [0.717, 1.165) is 24.3 Å². The molecule has 0 aromatic carbocycles. The molecule has 1 fully saturated rings. The van der Waals surface area contributed by atoms with Gasteiger partial charge >= 0.3 is 6.03 Å². The largest absolute Gasteiger partial charge is 0.359 e. The van der Waals surface area contributed by atoms with Crippen LogP contribution < -0.4 is 10.6 Å². The first-order valence-corrected chi connectivity index (χ1v) is 8.88. The summed E-state index contributed by atoms with van der Waals surface area (Å²) < 4.78 is 5.16. The van der Waals surface area contributed by atoms with E-state index in [2.05, 4.69) is 22.7 Å². The fourth-order valence-corrected chi connectivity index (χ4v) is 3.87. The van der Waals surface area contributed by atoms with Gasteiger partial charge in [-0.05, 0) is 25.0 Å². The van der Waals surface area contributed by atoms with Crippen LogP contribution in [0.5, 0.6) is 0 Å². The minimum Gasteiger partial charge on any atom is -0.359 e. The fraction of sp³-hybridized carbons (Fsp3) is 0.733. The van der Waals surface area contributed by atoms with Crippen LogP contribution >= 0.6 is 11.8 Å². The van der Waals surface area contributed by atoms with Crippen LogP contribution in [-0.2, 0) is 13.0 Å². The van der Waals surface area contributed by atoms with Crippen LogP contribution in [0.15, 0.2) is 10.6 Å². The van der Waals surface area contributed by atoms with Gasteiger partial charge in [-0.1, -0.05) is 31.8 Å². The normalized spacial score (nSPS) is 22.0. The van der Waals surface area contributed by atoms with E-state index in [4.69, 9.17) is 4.52 Å². The van der Waals surface area contributed by atoms with E-state index in [1.165, 1.54) is 19.3 Å². The lowest BCUT2D eigenvalue weighted by Crippen LogP contribution is -2.47. The average Bonchev–Trinajstić information content (AvgIpc) is 2.95. The second-order valence-corrected chi connectivity index (χ2v) is 6.87. The Hall–Kier alpha value is -1.17. The molecule has 2 rings (SSSR count). The number of hydrogen-bond acceptors (Lipinski definition) is 4. The van der Waals surface area contributed by atoms with Crippen LogP contribution in [0.1, 0.15) is 51.0 Å². The van der Waals surface area contributed by atoms with E-state index in [-0.39, 0.29) is 12.1 Å². The molecule has 21 heavy (non-hydrogen) atoms. The van der Waals surface area contributed by atoms with Crippen LogP contribution in [0.25, 0.3) is 0 Å². The highest BCUT2D eigenvalue weighted by Crippen LogP contribution is 2.28. The number of rotatable bonds is 6. The van der Waals surface area contributed by atoms with Gasteiger partial charge in [-0.3, -0.25) is 0 Å². The molecule has 0 radical (unpaired) electrons. The topological polar surface area (TPSA) is 67.2 Å². The molecule has 1 aromatic rings. The van der Waals surface area contributed by atoms with Crippen molar-refractivity contribution in [3.8, 4) is 0 Å². The zero-order chi connectivity index (χ0) is 15.1. The second-order valence-electron chi connectivity index (χ2n) is 5.35. The van der Waals surface area contributed by atoms with Gasteiger partial charge in [0.25, 0.3) is 0 Å². The standard InChI is InChI=1S/C15H25N3O2S/c1-3-11-9-12(20-18-11)10-16-15(19)17-13-7-5-6-8-14(13)21-4-2/h9,13-14H,3-8,10H2,1-2H3,(H2,16,17,19)/t13-,14+/m0/s1. The summed E-state index contributed by atoms with van der Waals surface area (Å²) in [6, 6.07) is 2.05. The van der Waals surface area contributed by atoms with Crippen molar-refractivity contribution in [2.45, 2.75) is 63.8 Å². The number of carbonyl (C=O) groups is 1. The van der Waals surface area contributed by atoms with Crippen molar-refractivity contribution in [3.63, 3.8) is 0 Å². The maximum absolute atomic E-state index is 12.0. The summed E-state index contributed by atoms with van der Waals surface area (Å²) in [6.07, 6.45) is 5.59. The molecule has 2 atom stereocenters. The number of carbonyl (C=O) groups excluding carboxylic acids is 1. The quantitative estimate of drug-likeness (QED) is 0.847. The Morgan fingerprint density at radius 2 is 2.24 bits per heavy atom. The van der Waals surface area contributed by atoms with Crippen LogP contribution in [0.2, 0.25) is 0 Å². The summed E-state index contributed by atoms with van der Waals surface area (Å²) in [5.41, 5.74) is 0.916. The predicted octanol–water partition coefficient (Wildman–Crippen LogP) is 3.10. The summed E-state index contributed by atoms with van der Waals surface area (Å²) in [6.45, 7) is 4.58. The highest BCUT2D eigenvalue weighted by molar-refractivity contribution is 7.99. The number of aryl methyl sites for hydroxylation is 1. The Bertz CT molecular complexity index is 448. The lowest BCUT2D eigenvalue weighted by Gasteiger charge is -2.31. The van der Waals surface area contributed by atoms with Gasteiger partial charge in [0.15, 0.2) is 5.76 Å². The average molecular weight is 311 g/mol. The number of nitrogens with one attached hydrogen (secondary N) is 2. The van der Waals surface area contributed by atoms with Crippen molar-refractivity contribution in [3.05, 3.63) is 17.5 Å². The SMILES string of the molecule is CCS[C@@H]1CCCC[C@@H]1NC(=O)NCc1cc(CC)no1. The number of nitrogens with zero attached hydrogens (tertiary/aromatic N) is 1. The van der Waals surface area contributed by atoms with Crippen molar-refractivity contribution in [1.82, 2.24) is 15.8 Å². The van der Waals surface area contributed by atoms with Crippen LogP contribution in [-0.4, -0.2) is 28.2 Å². The van der Waals surface area contributed by atoms with Crippen molar-refractivity contribution in [1.29, 1.82) is 0 Å². The Kier molecular flexibility index (Phi) is 6.42. The summed E-state index contributed by atoms with van der Waals surface area (Å²) >= 11 is 1.95. The fourth-order valence-electron chi connectivity index (χ4n) is 2.67. The first-order valence-electron chi connectivity index (χ1n) is 7.83. The summed E-state index contributed by atoms with van der Waals surface area (Å²) in [4.78, 5) is 12.0. The molecule has 0 aliphatic heterocycles. The molecule has 1 saturated carbocycles. The van der Waals surface area contributed by atoms with Crippen molar-refractivity contribution in [2.75, 3.05) is 5.75 Å². The van der Waals surface area contributed by atoms with Gasteiger partial charge in [0, 0.05) is 17.4 Å². The first kappa shape index (κ1) is 16.2. The van der Waals surface area contributed by atoms with Gasteiger partial charge in [-0.25, -0.2) is 4.79 Å². The second kappa shape index (κ2) is 8.32. The summed E-state index contributed by atoms with van der Waals surface area (Å²) in [5, 5.41) is 10.4. The van der Waals surface area contributed by atoms with Crippen LogP contribution in [0, 0.1) is 0 Å². The molecule has 0 bridgehead atoms. The molecule has 0 saturated heterocycles. The van der Waals surface area contributed by atoms with Gasteiger partial charge in [0.2, 0.25) is 0 Å². The minimum atomic E-state index is -0.113. The van der Waals surface area contributed by atoms with E-state index < -0.39 is 0 Å². The third-order valence-corrected chi connectivity index (χ3v) is 5.12.